The molecule has 0 spiro atoms. The number of sulfonamides is 1. The molecule has 3 rings (SSSR count). The van der Waals surface area contributed by atoms with Crippen molar-refractivity contribution in [3.8, 4) is 0 Å². The third-order valence-electron chi connectivity index (χ3n) is 6.31. The first-order chi connectivity index (χ1) is 18.8. The van der Waals surface area contributed by atoms with Crippen LogP contribution in [0.4, 0.5) is 5.69 Å². The predicted molar refractivity (Wildman–Crippen MR) is 161 cm³/mol. The van der Waals surface area contributed by atoms with Gasteiger partial charge in [-0.15, -0.1) is 0 Å². The highest BCUT2D eigenvalue weighted by Gasteiger charge is 2.33. The normalized spacial score (nSPS) is 12.2. The molecular weight excluding hydrogens is 593 g/mol. The minimum absolute atomic E-state index is 0.000258. The van der Waals surface area contributed by atoms with Crippen molar-refractivity contribution in [3.05, 3.63) is 92.9 Å². The summed E-state index contributed by atoms with van der Waals surface area (Å²) in [4.78, 5) is 28.4. The second-order valence-electron chi connectivity index (χ2n) is 9.79. The maximum absolute atomic E-state index is 14.0. The Balaban J connectivity index is 2.06. The van der Waals surface area contributed by atoms with Gasteiger partial charge in [0.1, 0.15) is 12.6 Å². The van der Waals surface area contributed by atoms with Crippen LogP contribution < -0.4 is 9.62 Å². The number of carbonyl (C=O) groups is 2. The van der Waals surface area contributed by atoms with Crippen LogP contribution in [0.3, 0.4) is 0 Å². The van der Waals surface area contributed by atoms with Crippen LogP contribution in [0.2, 0.25) is 15.1 Å². The molecule has 3 aromatic rings. The molecule has 11 heteroatoms. The second-order valence-corrected chi connectivity index (χ2v) is 12.9. The summed E-state index contributed by atoms with van der Waals surface area (Å²) in [6.07, 6.45) is 0. The van der Waals surface area contributed by atoms with Crippen molar-refractivity contribution in [3.63, 3.8) is 0 Å². The molecule has 0 radical (unpaired) electrons. The van der Waals surface area contributed by atoms with Crippen LogP contribution in [0.5, 0.6) is 0 Å². The van der Waals surface area contributed by atoms with E-state index in [0.29, 0.717) is 32.7 Å². The van der Waals surface area contributed by atoms with Crippen LogP contribution >= 0.6 is 34.8 Å². The first kappa shape index (κ1) is 31.7. The molecule has 0 heterocycles. The Bertz CT molecular complexity index is 1470. The van der Waals surface area contributed by atoms with Crippen LogP contribution in [0.25, 0.3) is 0 Å². The third-order valence-corrected chi connectivity index (χ3v) is 9.23. The zero-order chi connectivity index (χ0) is 29.6. The standard InChI is InChI=1S/C29H32Cl3N3O4S/c1-19(2)16-33-29(37)21(4)34(17-22-13-14-25(31)26(32)15-22)28(36)18-35(27-12-8-11-24(30)20(27)3)40(38,39)23-9-6-5-7-10-23/h5-15,19,21H,16-18H2,1-4H3,(H,33,37)/t21-/m1/s1. The quantitative estimate of drug-likeness (QED) is 0.270. The van der Waals surface area contributed by atoms with Crippen molar-refractivity contribution in [2.75, 3.05) is 17.4 Å². The van der Waals surface area contributed by atoms with Gasteiger partial charge in [-0.3, -0.25) is 13.9 Å². The summed E-state index contributed by atoms with van der Waals surface area (Å²) in [5.74, 6) is -0.747. The summed E-state index contributed by atoms with van der Waals surface area (Å²) in [7, 11) is -4.19. The van der Waals surface area contributed by atoms with E-state index in [1.165, 1.54) is 17.0 Å². The van der Waals surface area contributed by atoms with Gasteiger partial charge < -0.3 is 10.2 Å². The third kappa shape index (κ3) is 7.69. The number of carbonyl (C=O) groups excluding carboxylic acids is 2. The molecule has 2 amide bonds. The van der Waals surface area contributed by atoms with Gasteiger partial charge in [-0.25, -0.2) is 8.42 Å². The fourth-order valence-electron chi connectivity index (χ4n) is 3.97. The van der Waals surface area contributed by atoms with Gasteiger partial charge >= 0.3 is 0 Å². The van der Waals surface area contributed by atoms with E-state index >= 15 is 0 Å². The molecule has 0 aliphatic carbocycles. The van der Waals surface area contributed by atoms with Gasteiger partial charge in [0.2, 0.25) is 11.8 Å². The van der Waals surface area contributed by atoms with Gasteiger partial charge in [0.05, 0.1) is 20.6 Å². The number of anilines is 1. The van der Waals surface area contributed by atoms with Crippen LogP contribution in [0, 0.1) is 12.8 Å². The average Bonchev–Trinajstić information content (AvgIpc) is 2.92. The number of benzene rings is 3. The van der Waals surface area contributed by atoms with Crippen LogP contribution in [-0.2, 0) is 26.2 Å². The molecule has 1 atom stereocenters. The molecule has 40 heavy (non-hydrogen) atoms. The summed E-state index contributed by atoms with van der Waals surface area (Å²) in [5.41, 5.74) is 1.38. The Labute approximate surface area is 251 Å². The fourth-order valence-corrected chi connectivity index (χ4v) is 5.95. The summed E-state index contributed by atoms with van der Waals surface area (Å²) >= 11 is 18.6. The molecule has 0 aliphatic heterocycles. The Kier molecular flexibility index (Phi) is 10.9. The molecule has 214 valence electrons. The van der Waals surface area contributed by atoms with E-state index in [1.807, 2.05) is 13.8 Å². The Morgan fingerprint density at radius 1 is 0.875 bits per heavy atom. The lowest BCUT2D eigenvalue weighted by molar-refractivity contribution is -0.139. The fraction of sp³-hybridized carbons (Fsp3) is 0.310. The highest BCUT2D eigenvalue weighted by molar-refractivity contribution is 7.92. The SMILES string of the molecule is Cc1c(Cl)cccc1N(CC(=O)N(Cc1ccc(Cl)c(Cl)c1)[C@H](C)C(=O)NCC(C)C)S(=O)(=O)c1ccccc1. The van der Waals surface area contributed by atoms with Crippen LogP contribution in [0.15, 0.2) is 71.6 Å². The molecule has 0 fully saturated rings. The number of rotatable bonds is 11. The van der Waals surface area contributed by atoms with Gasteiger partial charge in [0, 0.05) is 18.1 Å². The minimum atomic E-state index is -4.19. The van der Waals surface area contributed by atoms with E-state index in [-0.39, 0.29) is 29.0 Å². The van der Waals surface area contributed by atoms with E-state index in [1.54, 1.807) is 68.4 Å². The van der Waals surface area contributed by atoms with E-state index in [0.717, 1.165) is 4.31 Å². The predicted octanol–water partition coefficient (Wildman–Crippen LogP) is 6.34. The highest BCUT2D eigenvalue weighted by Crippen LogP contribution is 2.31. The molecule has 0 bridgehead atoms. The summed E-state index contributed by atoms with van der Waals surface area (Å²) < 4.78 is 28.8. The summed E-state index contributed by atoms with van der Waals surface area (Å²) in [6, 6.07) is 16.7. The smallest absolute Gasteiger partial charge is 0.264 e. The molecular formula is C29H32Cl3N3O4S. The molecule has 7 nitrogen and oxygen atoms in total. The Morgan fingerprint density at radius 3 is 2.17 bits per heavy atom. The highest BCUT2D eigenvalue weighted by atomic mass is 35.5. The van der Waals surface area contributed by atoms with Crippen molar-refractivity contribution >= 4 is 62.3 Å². The zero-order valence-electron chi connectivity index (χ0n) is 22.7. The molecule has 0 aliphatic rings. The Hall–Kier alpha value is -2.78. The van der Waals surface area contributed by atoms with Gasteiger partial charge in [-0.05, 0) is 67.3 Å². The van der Waals surface area contributed by atoms with Gasteiger partial charge in [0.25, 0.3) is 10.0 Å². The maximum Gasteiger partial charge on any atom is 0.264 e. The zero-order valence-corrected chi connectivity index (χ0v) is 25.8. The second kappa shape index (κ2) is 13.7. The lowest BCUT2D eigenvalue weighted by Gasteiger charge is -2.32. The van der Waals surface area contributed by atoms with Crippen LogP contribution in [-0.4, -0.2) is 44.3 Å². The number of nitrogens with zero attached hydrogens (tertiary/aromatic N) is 2. The Morgan fingerprint density at radius 2 is 1.55 bits per heavy atom. The van der Waals surface area contributed by atoms with E-state index < -0.39 is 28.5 Å². The van der Waals surface area contributed by atoms with Crippen LogP contribution in [0.1, 0.15) is 31.9 Å². The number of nitrogens with one attached hydrogen (secondary N) is 1. The topological polar surface area (TPSA) is 86.8 Å². The van der Waals surface area contributed by atoms with E-state index in [4.69, 9.17) is 34.8 Å². The molecule has 0 unspecified atom stereocenters. The molecule has 0 aromatic heterocycles. The lowest BCUT2D eigenvalue weighted by Crippen LogP contribution is -2.51. The average molecular weight is 625 g/mol. The van der Waals surface area contributed by atoms with Gasteiger partial charge in [-0.1, -0.05) is 79.0 Å². The lowest BCUT2D eigenvalue weighted by atomic mass is 10.1. The molecule has 1 N–H and O–H groups in total. The first-order valence-corrected chi connectivity index (χ1v) is 15.2. The van der Waals surface area contributed by atoms with Crippen molar-refractivity contribution in [1.82, 2.24) is 10.2 Å². The van der Waals surface area contributed by atoms with Crippen molar-refractivity contribution in [2.24, 2.45) is 5.92 Å². The number of halogens is 3. The van der Waals surface area contributed by atoms with Crippen molar-refractivity contribution in [2.45, 2.75) is 45.2 Å². The van der Waals surface area contributed by atoms with Gasteiger partial charge in [-0.2, -0.15) is 0 Å². The van der Waals surface area contributed by atoms with E-state index in [2.05, 4.69) is 5.32 Å². The molecule has 3 aromatic carbocycles. The van der Waals surface area contributed by atoms with Crippen molar-refractivity contribution in [1.29, 1.82) is 0 Å². The monoisotopic (exact) mass is 623 g/mol. The molecule has 0 saturated heterocycles. The van der Waals surface area contributed by atoms with E-state index in [9.17, 15) is 18.0 Å². The largest absolute Gasteiger partial charge is 0.354 e. The first-order valence-electron chi connectivity index (χ1n) is 12.7. The number of hydrogen-bond donors (Lipinski definition) is 1. The number of hydrogen-bond acceptors (Lipinski definition) is 4. The molecule has 0 saturated carbocycles. The van der Waals surface area contributed by atoms with Crippen molar-refractivity contribution < 1.29 is 18.0 Å². The van der Waals surface area contributed by atoms with Gasteiger partial charge in [0.15, 0.2) is 0 Å². The minimum Gasteiger partial charge on any atom is -0.354 e. The number of amides is 2. The summed E-state index contributed by atoms with van der Waals surface area (Å²) in [5, 5.41) is 3.85. The maximum atomic E-state index is 14.0. The summed E-state index contributed by atoms with van der Waals surface area (Å²) in [6.45, 7) is 7.07.